The first-order valence-corrected chi connectivity index (χ1v) is 7.46. The van der Waals surface area contributed by atoms with E-state index in [1.54, 1.807) is 23.9 Å². The fourth-order valence-electron chi connectivity index (χ4n) is 1.61. The third-order valence-electron chi connectivity index (χ3n) is 2.66. The number of rotatable bonds is 3. The number of benzene rings is 1. The minimum absolute atomic E-state index is 0.200. The van der Waals surface area contributed by atoms with Gasteiger partial charge in [-0.3, -0.25) is 4.79 Å². The second-order valence-electron chi connectivity index (χ2n) is 4.07. The molecule has 21 heavy (non-hydrogen) atoms. The quantitative estimate of drug-likeness (QED) is 0.675. The van der Waals surface area contributed by atoms with E-state index in [-0.39, 0.29) is 12.5 Å². The molecular formula is C16H14N2O2S. The van der Waals surface area contributed by atoms with Gasteiger partial charge in [-0.2, -0.15) is 0 Å². The van der Waals surface area contributed by atoms with Crippen LogP contribution in [0.2, 0.25) is 0 Å². The van der Waals surface area contributed by atoms with Gasteiger partial charge in [0.05, 0.1) is 0 Å². The molecule has 106 valence electrons. The lowest BCUT2D eigenvalue weighted by Crippen LogP contribution is -2.13. The summed E-state index contributed by atoms with van der Waals surface area (Å²) in [5.74, 6) is 4.98. The molecule has 1 heterocycles. The summed E-state index contributed by atoms with van der Waals surface area (Å²) in [5, 5.41) is 11.4. The Kier molecular flexibility index (Phi) is 5.38. The molecular weight excluding hydrogens is 284 g/mol. The van der Waals surface area contributed by atoms with Crippen molar-refractivity contribution in [3.8, 4) is 11.8 Å². The average Bonchev–Trinajstić information content (AvgIpc) is 2.54. The van der Waals surface area contributed by atoms with Crippen LogP contribution >= 0.6 is 11.8 Å². The number of aromatic nitrogens is 1. The molecule has 0 saturated heterocycles. The Morgan fingerprint density at radius 3 is 2.62 bits per heavy atom. The molecule has 4 nitrogen and oxygen atoms in total. The molecule has 0 atom stereocenters. The number of aliphatic hydroxyl groups is 1. The van der Waals surface area contributed by atoms with Gasteiger partial charge in [0.1, 0.15) is 12.3 Å². The Hall–Kier alpha value is -2.29. The summed E-state index contributed by atoms with van der Waals surface area (Å²) in [6.07, 6.45) is 3.51. The molecule has 5 heteroatoms. The van der Waals surface area contributed by atoms with Gasteiger partial charge in [-0.1, -0.05) is 11.8 Å². The van der Waals surface area contributed by atoms with Gasteiger partial charge >= 0.3 is 0 Å². The molecule has 0 spiro atoms. The van der Waals surface area contributed by atoms with Gasteiger partial charge in [0, 0.05) is 22.3 Å². The molecule has 0 aliphatic heterocycles. The molecule has 2 N–H and O–H groups in total. The molecule has 0 bridgehead atoms. The number of hydrogen-bond donors (Lipinski definition) is 2. The standard InChI is InChI=1S/C16H14N2O2S/c1-21-14-7-5-13(6-8-14)18-16(20)15-9-4-12(11-17-15)3-2-10-19/h4-9,11,19H,10H2,1H3,(H,18,20). The number of aliphatic hydroxyl groups excluding tert-OH is 1. The molecule has 0 fully saturated rings. The smallest absolute Gasteiger partial charge is 0.274 e. The third-order valence-corrected chi connectivity index (χ3v) is 3.40. The largest absolute Gasteiger partial charge is 0.384 e. The number of thioether (sulfide) groups is 1. The zero-order valence-corrected chi connectivity index (χ0v) is 12.3. The van der Waals surface area contributed by atoms with Crippen molar-refractivity contribution in [3.05, 3.63) is 53.9 Å². The minimum atomic E-state index is -0.270. The van der Waals surface area contributed by atoms with Crippen molar-refractivity contribution in [1.29, 1.82) is 0 Å². The van der Waals surface area contributed by atoms with Crippen molar-refractivity contribution in [1.82, 2.24) is 4.98 Å². The molecule has 0 saturated carbocycles. The summed E-state index contributed by atoms with van der Waals surface area (Å²) in [5.41, 5.74) is 1.70. The second-order valence-corrected chi connectivity index (χ2v) is 4.95. The van der Waals surface area contributed by atoms with Crippen LogP contribution in [-0.2, 0) is 0 Å². The number of pyridine rings is 1. The van der Waals surface area contributed by atoms with Crippen LogP contribution in [0.4, 0.5) is 5.69 Å². The molecule has 0 radical (unpaired) electrons. The van der Waals surface area contributed by atoms with E-state index in [2.05, 4.69) is 22.1 Å². The van der Waals surface area contributed by atoms with Crippen LogP contribution in [0.25, 0.3) is 0 Å². The van der Waals surface area contributed by atoms with Crippen LogP contribution < -0.4 is 5.32 Å². The maximum atomic E-state index is 12.0. The summed E-state index contributed by atoms with van der Waals surface area (Å²) < 4.78 is 0. The molecule has 0 aliphatic carbocycles. The van der Waals surface area contributed by atoms with Crippen molar-refractivity contribution >= 4 is 23.4 Å². The number of nitrogens with zero attached hydrogens (tertiary/aromatic N) is 1. The van der Waals surface area contributed by atoms with Gasteiger partial charge in [-0.15, -0.1) is 11.8 Å². The number of amides is 1. The molecule has 1 amide bonds. The van der Waals surface area contributed by atoms with Crippen molar-refractivity contribution < 1.29 is 9.90 Å². The van der Waals surface area contributed by atoms with Crippen LogP contribution in [-0.4, -0.2) is 28.9 Å². The Bertz CT molecular complexity index is 670. The number of carbonyl (C=O) groups excluding carboxylic acids is 1. The lowest BCUT2D eigenvalue weighted by Gasteiger charge is -2.05. The summed E-state index contributed by atoms with van der Waals surface area (Å²) in [7, 11) is 0. The number of hydrogen-bond acceptors (Lipinski definition) is 4. The maximum Gasteiger partial charge on any atom is 0.274 e. The highest BCUT2D eigenvalue weighted by atomic mass is 32.2. The first kappa shape index (κ1) is 15.1. The van der Waals surface area contributed by atoms with Gasteiger partial charge in [-0.05, 0) is 42.7 Å². The normalized spacial score (nSPS) is 9.62. The van der Waals surface area contributed by atoms with Crippen LogP contribution in [0.3, 0.4) is 0 Å². The van der Waals surface area contributed by atoms with Crippen LogP contribution in [0.15, 0.2) is 47.5 Å². The maximum absolute atomic E-state index is 12.0. The Labute approximate surface area is 127 Å². The van der Waals surface area contributed by atoms with Crippen molar-refractivity contribution in [3.63, 3.8) is 0 Å². The number of nitrogens with one attached hydrogen (secondary N) is 1. The molecule has 0 aliphatic rings. The summed E-state index contributed by atoms with van der Waals surface area (Å²) in [6, 6.07) is 10.9. The van der Waals surface area contributed by atoms with Gasteiger partial charge in [0.25, 0.3) is 5.91 Å². The topological polar surface area (TPSA) is 62.2 Å². The zero-order valence-electron chi connectivity index (χ0n) is 11.5. The van der Waals surface area contributed by atoms with E-state index >= 15 is 0 Å². The Balaban J connectivity index is 2.05. The van der Waals surface area contributed by atoms with Crippen molar-refractivity contribution in [2.75, 3.05) is 18.2 Å². The van der Waals surface area contributed by atoms with Gasteiger partial charge in [0.15, 0.2) is 0 Å². The fourth-order valence-corrected chi connectivity index (χ4v) is 2.02. The number of carbonyl (C=O) groups is 1. The minimum Gasteiger partial charge on any atom is -0.384 e. The lowest BCUT2D eigenvalue weighted by atomic mass is 10.2. The highest BCUT2D eigenvalue weighted by Crippen LogP contribution is 2.17. The Morgan fingerprint density at radius 1 is 1.29 bits per heavy atom. The molecule has 2 aromatic rings. The molecule has 2 rings (SSSR count). The first-order chi connectivity index (χ1) is 10.2. The highest BCUT2D eigenvalue weighted by Gasteiger charge is 2.07. The molecule has 0 unspecified atom stereocenters. The van der Waals surface area contributed by atoms with Gasteiger partial charge in [-0.25, -0.2) is 4.98 Å². The van der Waals surface area contributed by atoms with E-state index < -0.39 is 0 Å². The molecule has 1 aromatic carbocycles. The van der Waals surface area contributed by atoms with Crippen molar-refractivity contribution in [2.45, 2.75) is 4.90 Å². The summed E-state index contributed by atoms with van der Waals surface area (Å²) >= 11 is 1.65. The van der Waals surface area contributed by atoms with Crippen molar-refractivity contribution in [2.24, 2.45) is 0 Å². The van der Waals surface area contributed by atoms with Gasteiger partial charge in [0.2, 0.25) is 0 Å². The van der Waals surface area contributed by atoms with E-state index in [4.69, 9.17) is 5.11 Å². The number of anilines is 1. The van der Waals surface area contributed by atoms with E-state index in [1.807, 2.05) is 30.5 Å². The monoisotopic (exact) mass is 298 g/mol. The van der Waals surface area contributed by atoms with E-state index in [0.717, 1.165) is 10.6 Å². The summed E-state index contributed by atoms with van der Waals surface area (Å²) in [6.45, 7) is -0.200. The van der Waals surface area contributed by atoms with Crippen LogP contribution in [0.1, 0.15) is 16.1 Å². The first-order valence-electron chi connectivity index (χ1n) is 6.24. The SMILES string of the molecule is CSc1ccc(NC(=O)c2ccc(C#CCO)cn2)cc1. The van der Waals surface area contributed by atoms with Crippen LogP contribution in [0, 0.1) is 11.8 Å². The average molecular weight is 298 g/mol. The lowest BCUT2D eigenvalue weighted by molar-refractivity contribution is 0.102. The highest BCUT2D eigenvalue weighted by molar-refractivity contribution is 7.98. The van der Waals surface area contributed by atoms with E-state index in [0.29, 0.717) is 11.3 Å². The van der Waals surface area contributed by atoms with Crippen LogP contribution in [0.5, 0.6) is 0 Å². The second kappa shape index (κ2) is 7.48. The van der Waals surface area contributed by atoms with E-state index in [9.17, 15) is 4.79 Å². The third kappa shape index (κ3) is 4.35. The fraction of sp³-hybridized carbons (Fsp3) is 0.125. The zero-order chi connectivity index (χ0) is 15.1. The van der Waals surface area contributed by atoms with Gasteiger partial charge < -0.3 is 10.4 Å². The molecule has 1 aromatic heterocycles. The summed E-state index contributed by atoms with van der Waals surface area (Å²) in [4.78, 5) is 17.2. The van der Waals surface area contributed by atoms with E-state index in [1.165, 1.54) is 6.20 Å². The predicted octanol–water partition coefficient (Wildman–Crippen LogP) is 2.40. The predicted molar refractivity (Wildman–Crippen MR) is 84.4 cm³/mol. The Morgan fingerprint density at radius 2 is 2.05 bits per heavy atom.